The predicted molar refractivity (Wildman–Crippen MR) is 71.0 cm³/mol. The first kappa shape index (κ1) is 15.7. The lowest BCUT2D eigenvalue weighted by molar-refractivity contribution is -0.0327. The highest BCUT2D eigenvalue weighted by molar-refractivity contribution is 8.00. The Morgan fingerprint density at radius 2 is 1.83 bits per heavy atom. The Bertz CT molecular complexity index is 358. The van der Waals surface area contributed by atoms with Crippen LogP contribution in [0.15, 0.2) is 30.3 Å². The third kappa shape index (κ3) is 5.08. The lowest BCUT2D eigenvalue weighted by atomic mass is 9.94. The largest absolute Gasteiger partial charge is 0.441 e. The molecule has 1 aromatic carbocycles. The van der Waals surface area contributed by atoms with Crippen molar-refractivity contribution in [2.45, 2.75) is 18.0 Å². The van der Waals surface area contributed by atoms with Crippen LogP contribution in [0.5, 0.6) is 0 Å². The van der Waals surface area contributed by atoms with Crippen LogP contribution in [-0.4, -0.2) is 23.7 Å². The highest BCUT2D eigenvalue weighted by atomic mass is 35.5. The molecule has 0 radical (unpaired) electrons. The van der Waals surface area contributed by atoms with Gasteiger partial charge >= 0.3 is 5.51 Å². The Morgan fingerprint density at radius 3 is 2.33 bits per heavy atom. The zero-order valence-electron chi connectivity index (χ0n) is 9.93. The number of thioether (sulfide) groups is 1. The van der Waals surface area contributed by atoms with Crippen LogP contribution in [0, 0.1) is 0 Å². The molecule has 0 saturated carbocycles. The molecule has 1 rings (SSSR count). The van der Waals surface area contributed by atoms with E-state index < -0.39 is 11.0 Å². The van der Waals surface area contributed by atoms with Gasteiger partial charge in [-0.2, -0.15) is 13.2 Å². The van der Waals surface area contributed by atoms with Gasteiger partial charge in [-0.05, 0) is 24.2 Å². The van der Waals surface area contributed by atoms with E-state index in [0.717, 1.165) is 5.56 Å². The molecule has 6 heteroatoms. The number of nitrogens with one attached hydrogen (secondary N) is 1. The fraction of sp³-hybridized carbons (Fsp3) is 0.500. The molecule has 0 bridgehead atoms. The summed E-state index contributed by atoms with van der Waals surface area (Å²) in [6, 6.07) is 9.47. The zero-order valence-corrected chi connectivity index (χ0v) is 11.5. The van der Waals surface area contributed by atoms with E-state index in [0.29, 0.717) is 5.88 Å². The molecule has 0 heterocycles. The van der Waals surface area contributed by atoms with Gasteiger partial charge in [0.05, 0.1) is 5.54 Å². The van der Waals surface area contributed by atoms with E-state index in [1.807, 2.05) is 37.3 Å². The standard InChI is InChI=1S/C12H15ClF3NS/c1-11(9-13,10-5-3-2-4-6-10)17-7-8-18-12(14,15)16/h2-6,17H,7-9H2,1H3. The smallest absolute Gasteiger partial charge is 0.306 e. The number of benzene rings is 1. The fourth-order valence-corrected chi connectivity index (χ4v) is 2.21. The fourth-order valence-electron chi connectivity index (χ4n) is 1.53. The summed E-state index contributed by atoms with van der Waals surface area (Å²) in [6.07, 6.45) is 0. The summed E-state index contributed by atoms with van der Waals surface area (Å²) in [7, 11) is 0. The summed E-state index contributed by atoms with van der Waals surface area (Å²) in [6.45, 7) is 2.13. The molecule has 0 aromatic heterocycles. The zero-order chi connectivity index (χ0) is 13.6. The van der Waals surface area contributed by atoms with Gasteiger partial charge in [0.2, 0.25) is 0 Å². The molecular formula is C12H15ClF3NS. The maximum Gasteiger partial charge on any atom is 0.441 e. The summed E-state index contributed by atoms with van der Waals surface area (Å²) < 4.78 is 36.0. The number of alkyl halides is 4. The van der Waals surface area contributed by atoms with Gasteiger partial charge in [-0.15, -0.1) is 11.6 Å². The summed E-state index contributed by atoms with van der Waals surface area (Å²) in [4.78, 5) is 0. The van der Waals surface area contributed by atoms with E-state index in [9.17, 15) is 13.2 Å². The normalized spacial score (nSPS) is 15.4. The average Bonchev–Trinajstić information content (AvgIpc) is 2.34. The second-order valence-corrected chi connectivity index (χ2v) is 5.48. The maximum atomic E-state index is 12.0. The van der Waals surface area contributed by atoms with Crippen molar-refractivity contribution in [2.75, 3.05) is 18.2 Å². The van der Waals surface area contributed by atoms with E-state index >= 15 is 0 Å². The van der Waals surface area contributed by atoms with Crippen molar-refractivity contribution in [3.05, 3.63) is 35.9 Å². The van der Waals surface area contributed by atoms with Crippen molar-refractivity contribution in [1.29, 1.82) is 0 Å². The molecule has 1 aromatic rings. The van der Waals surface area contributed by atoms with Gasteiger partial charge in [-0.25, -0.2) is 0 Å². The molecule has 0 aliphatic carbocycles. The molecule has 0 amide bonds. The third-order valence-corrected chi connectivity index (χ3v) is 3.83. The predicted octanol–water partition coefficient (Wildman–Crippen LogP) is 3.98. The molecule has 0 aliphatic heterocycles. The molecule has 1 N–H and O–H groups in total. The summed E-state index contributed by atoms with van der Waals surface area (Å²) in [5, 5.41) is 3.08. The Labute approximate surface area is 114 Å². The number of rotatable bonds is 6. The minimum atomic E-state index is -4.17. The SMILES string of the molecule is CC(CCl)(NCCSC(F)(F)F)c1ccccc1. The summed E-state index contributed by atoms with van der Waals surface area (Å²) in [5.41, 5.74) is -3.71. The van der Waals surface area contributed by atoms with E-state index in [4.69, 9.17) is 11.6 Å². The van der Waals surface area contributed by atoms with Gasteiger partial charge in [-0.3, -0.25) is 0 Å². The van der Waals surface area contributed by atoms with Crippen molar-refractivity contribution in [3.63, 3.8) is 0 Å². The van der Waals surface area contributed by atoms with Gasteiger partial charge in [0.1, 0.15) is 0 Å². The Kier molecular flexibility index (Phi) is 5.82. The number of halogens is 4. The molecule has 0 aliphatic rings. The van der Waals surface area contributed by atoms with E-state index in [-0.39, 0.29) is 24.1 Å². The van der Waals surface area contributed by atoms with Crippen LogP contribution in [0.2, 0.25) is 0 Å². The summed E-state index contributed by atoms with van der Waals surface area (Å²) >= 11 is 5.89. The molecule has 0 spiro atoms. The van der Waals surface area contributed by atoms with Crippen LogP contribution in [0.25, 0.3) is 0 Å². The second-order valence-electron chi connectivity index (χ2n) is 4.05. The van der Waals surface area contributed by atoms with Gasteiger partial charge in [0.25, 0.3) is 0 Å². The van der Waals surface area contributed by atoms with Crippen molar-refractivity contribution in [3.8, 4) is 0 Å². The average molecular weight is 298 g/mol. The van der Waals surface area contributed by atoms with Crippen molar-refractivity contribution in [2.24, 2.45) is 0 Å². The van der Waals surface area contributed by atoms with Crippen molar-refractivity contribution in [1.82, 2.24) is 5.32 Å². The lowest BCUT2D eigenvalue weighted by Gasteiger charge is -2.29. The summed E-state index contributed by atoms with van der Waals surface area (Å²) in [5.74, 6) is 0.274. The van der Waals surface area contributed by atoms with Crippen molar-refractivity contribution < 1.29 is 13.2 Å². The van der Waals surface area contributed by atoms with E-state index in [1.165, 1.54) is 0 Å². The van der Waals surface area contributed by atoms with Gasteiger partial charge in [0, 0.05) is 18.2 Å². The van der Waals surface area contributed by atoms with Crippen LogP contribution in [-0.2, 0) is 5.54 Å². The van der Waals surface area contributed by atoms with Crippen molar-refractivity contribution >= 4 is 23.4 Å². The lowest BCUT2D eigenvalue weighted by Crippen LogP contribution is -2.42. The quantitative estimate of drug-likeness (QED) is 0.629. The Morgan fingerprint density at radius 1 is 1.22 bits per heavy atom. The third-order valence-electron chi connectivity index (χ3n) is 2.56. The van der Waals surface area contributed by atoms with Gasteiger partial charge in [-0.1, -0.05) is 30.3 Å². The first-order valence-electron chi connectivity index (χ1n) is 5.44. The first-order valence-corrected chi connectivity index (χ1v) is 6.96. The minimum Gasteiger partial charge on any atom is -0.306 e. The molecule has 1 unspecified atom stereocenters. The molecule has 0 saturated heterocycles. The molecular weight excluding hydrogens is 283 g/mol. The first-order chi connectivity index (χ1) is 8.37. The topological polar surface area (TPSA) is 12.0 Å². The monoisotopic (exact) mass is 297 g/mol. The minimum absolute atomic E-state index is 0.0250. The van der Waals surface area contributed by atoms with Gasteiger partial charge < -0.3 is 5.32 Å². The van der Waals surface area contributed by atoms with E-state index in [2.05, 4.69) is 5.32 Å². The highest BCUT2D eigenvalue weighted by Crippen LogP contribution is 2.30. The number of hydrogen-bond donors (Lipinski definition) is 1. The molecule has 102 valence electrons. The Hall–Kier alpha value is -0.390. The maximum absolute atomic E-state index is 12.0. The van der Waals surface area contributed by atoms with Crippen LogP contribution in [0.1, 0.15) is 12.5 Å². The van der Waals surface area contributed by atoms with Gasteiger partial charge in [0.15, 0.2) is 0 Å². The molecule has 18 heavy (non-hydrogen) atoms. The number of hydrogen-bond acceptors (Lipinski definition) is 2. The van der Waals surface area contributed by atoms with Crippen LogP contribution in [0.3, 0.4) is 0 Å². The Balaban J connectivity index is 2.52. The molecule has 0 fully saturated rings. The van der Waals surface area contributed by atoms with E-state index in [1.54, 1.807) is 0 Å². The molecule has 1 atom stereocenters. The van der Waals surface area contributed by atoms with Crippen LogP contribution >= 0.6 is 23.4 Å². The molecule has 1 nitrogen and oxygen atoms in total. The van der Waals surface area contributed by atoms with Crippen LogP contribution in [0.4, 0.5) is 13.2 Å². The highest BCUT2D eigenvalue weighted by Gasteiger charge is 2.29. The van der Waals surface area contributed by atoms with Crippen LogP contribution < -0.4 is 5.32 Å². The second kappa shape index (κ2) is 6.68.